The maximum absolute atomic E-state index is 13.6. The van der Waals surface area contributed by atoms with E-state index in [0.29, 0.717) is 0 Å². The van der Waals surface area contributed by atoms with E-state index in [9.17, 15) is 4.79 Å². The van der Waals surface area contributed by atoms with E-state index in [1.807, 2.05) is 49.5 Å². The van der Waals surface area contributed by atoms with Gasteiger partial charge in [-0.25, -0.2) is 0 Å². The van der Waals surface area contributed by atoms with Crippen molar-refractivity contribution in [2.24, 2.45) is 0 Å². The first-order valence-electron chi connectivity index (χ1n) is 9.40. The van der Waals surface area contributed by atoms with Crippen LogP contribution in [-0.4, -0.2) is 17.9 Å². The highest BCUT2D eigenvalue weighted by Gasteiger charge is 2.26. The van der Waals surface area contributed by atoms with Gasteiger partial charge in [-0.05, 0) is 53.8 Å². The number of anilines is 1. The van der Waals surface area contributed by atoms with Crippen molar-refractivity contribution in [3.63, 3.8) is 0 Å². The second-order valence-corrected chi connectivity index (χ2v) is 7.18. The third kappa shape index (κ3) is 2.58. The molecule has 0 spiro atoms. The lowest BCUT2D eigenvalue weighted by Gasteiger charge is -2.21. The topological polar surface area (TPSA) is 33.2 Å². The van der Waals surface area contributed by atoms with Gasteiger partial charge in [0.2, 0.25) is 0 Å². The summed E-state index contributed by atoms with van der Waals surface area (Å²) >= 11 is 0. The molecule has 5 rings (SSSR count). The number of carbonyl (C=O) groups is 1. The summed E-state index contributed by atoms with van der Waals surface area (Å²) in [7, 11) is 1.86. The van der Waals surface area contributed by atoms with Gasteiger partial charge in [0.05, 0.1) is 11.1 Å². The van der Waals surface area contributed by atoms with Crippen LogP contribution in [0.5, 0.6) is 0 Å². The number of aryl methyl sites for hydroxylation is 1. The highest BCUT2D eigenvalue weighted by molar-refractivity contribution is 6.15. The zero-order chi connectivity index (χ0) is 18.4. The summed E-state index contributed by atoms with van der Waals surface area (Å²) in [6, 6.07) is 22.4. The van der Waals surface area contributed by atoms with Gasteiger partial charge in [-0.1, -0.05) is 48.5 Å². The third-order valence-electron chi connectivity index (χ3n) is 5.56. The van der Waals surface area contributed by atoms with Crippen molar-refractivity contribution in [3.8, 4) is 0 Å². The number of para-hydroxylation sites is 1. The number of fused-ring (bicyclic) bond motifs is 3. The molecular formula is C24H20N2O. The number of pyridine rings is 1. The Labute approximate surface area is 158 Å². The molecule has 1 aliphatic carbocycles. The largest absolute Gasteiger partial charge is 0.311 e. The molecule has 0 aliphatic heterocycles. The minimum atomic E-state index is 0.0435. The maximum Gasteiger partial charge on any atom is 0.259 e. The molecule has 0 fully saturated rings. The third-order valence-corrected chi connectivity index (χ3v) is 5.56. The van der Waals surface area contributed by atoms with Crippen molar-refractivity contribution in [2.45, 2.75) is 19.3 Å². The lowest BCUT2D eigenvalue weighted by Crippen LogP contribution is -2.27. The lowest BCUT2D eigenvalue weighted by atomic mass is 9.99. The Bertz CT molecular complexity index is 1200. The van der Waals surface area contributed by atoms with Crippen molar-refractivity contribution in [2.75, 3.05) is 11.9 Å². The van der Waals surface area contributed by atoms with Gasteiger partial charge in [0.15, 0.2) is 0 Å². The summed E-state index contributed by atoms with van der Waals surface area (Å²) in [6.45, 7) is 0. The van der Waals surface area contributed by atoms with E-state index < -0.39 is 0 Å². The maximum atomic E-state index is 13.6. The van der Waals surface area contributed by atoms with Crippen LogP contribution < -0.4 is 4.90 Å². The molecule has 0 unspecified atom stereocenters. The number of rotatable bonds is 2. The van der Waals surface area contributed by atoms with Crippen molar-refractivity contribution in [1.82, 2.24) is 4.98 Å². The minimum absolute atomic E-state index is 0.0435. The van der Waals surface area contributed by atoms with Gasteiger partial charge < -0.3 is 4.90 Å². The molecule has 3 aromatic carbocycles. The van der Waals surface area contributed by atoms with Gasteiger partial charge in [0, 0.05) is 23.8 Å². The second-order valence-electron chi connectivity index (χ2n) is 7.18. The summed E-state index contributed by atoms with van der Waals surface area (Å²) in [4.78, 5) is 20.1. The number of hydrogen-bond donors (Lipinski definition) is 0. The second kappa shape index (κ2) is 6.20. The molecule has 0 bridgehead atoms. The van der Waals surface area contributed by atoms with Gasteiger partial charge in [-0.3, -0.25) is 9.78 Å². The molecule has 0 saturated heterocycles. The van der Waals surface area contributed by atoms with E-state index >= 15 is 0 Å². The molecule has 1 amide bonds. The fourth-order valence-corrected chi connectivity index (χ4v) is 4.13. The number of benzene rings is 3. The number of hydrogen-bond acceptors (Lipinski definition) is 2. The molecular weight excluding hydrogens is 332 g/mol. The van der Waals surface area contributed by atoms with Crippen molar-refractivity contribution in [3.05, 3.63) is 83.6 Å². The number of nitrogens with zero attached hydrogens (tertiary/aromatic N) is 2. The lowest BCUT2D eigenvalue weighted by molar-refractivity contribution is 0.0993. The van der Waals surface area contributed by atoms with E-state index in [1.54, 1.807) is 4.90 Å². The number of amides is 1. The molecule has 0 radical (unpaired) electrons. The molecule has 1 aromatic heterocycles. The molecule has 0 atom stereocenters. The van der Waals surface area contributed by atoms with Crippen LogP contribution in [0.2, 0.25) is 0 Å². The summed E-state index contributed by atoms with van der Waals surface area (Å²) in [5.74, 6) is 0.0435. The van der Waals surface area contributed by atoms with Crippen LogP contribution in [0.4, 0.5) is 5.69 Å². The molecule has 27 heavy (non-hydrogen) atoms. The van der Waals surface area contributed by atoms with Gasteiger partial charge in [-0.2, -0.15) is 0 Å². The average Bonchev–Trinajstić information content (AvgIpc) is 3.18. The molecule has 0 N–H and O–H groups in total. The fraction of sp³-hybridized carbons (Fsp3) is 0.167. The van der Waals surface area contributed by atoms with E-state index in [1.165, 1.54) is 5.39 Å². The zero-order valence-corrected chi connectivity index (χ0v) is 15.3. The Hall–Kier alpha value is -3.20. The predicted octanol–water partition coefficient (Wildman–Crippen LogP) is 5.15. The normalized spacial score (nSPS) is 13.1. The van der Waals surface area contributed by atoms with Crippen LogP contribution in [0.15, 0.2) is 66.7 Å². The monoisotopic (exact) mass is 352 g/mol. The predicted molar refractivity (Wildman–Crippen MR) is 110 cm³/mol. The first kappa shape index (κ1) is 16.0. The Balaban J connectivity index is 1.65. The molecule has 3 nitrogen and oxygen atoms in total. The van der Waals surface area contributed by atoms with Crippen molar-refractivity contribution < 1.29 is 4.79 Å². The highest BCUT2D eigenvalue weighted by Crippen LogP contribution is 2.32. The van der Waals surface area contributed by atoms with E-state index in [2.05, 4.69) is 24.3 Å². The molecule has 1 aliphatic rings. The first-order chi connectivity index (χ1) is 13.2. The van der Waals surface area contributed by atoms with Crippen molar-refractivity contribution >= 4 is 33.3 Å². The SMILES string of the molecule is CN(C(=O)c1c2c(nc3ccccc13)CCC2)c1ccc2ccccc2c1. The average molecular weight is 352 g/mol. The smallest absolute Gasteiger partial charge is 0.259 e. The van der Waals surface area contributed by atoms with Crippen molar-refractivity contribution in [1.29, 1.82) is 0 Å². The fourth-order valence-electron chi connectivity index (χ4n) is 4.13. The Kier molecular flexibility index (Phi) is 3.68. The van der Waals surface area contributed by atoms with Gasteiger partial charge in [0.25, 0.3) is 5.91 Å². The molecule has 3 heteroatoms. The van der Waals surface area contributed by atoms with E-state index in [0.717, 1.165) is 58.1 Å². The summed E-state index contributed by atoms with van der Waals surface area (Å²) < 4.78 is 0. The van der Waals surface area contributed by atoms with E-state index in [4.69, 9.17) is 4.98 Å². The van der Waals surface area contributed by atoms with Gasteiger partial charge >= 0.3 is 0 Å². The highest BCUT2D eigenvalue weighted by atomic mass is 16.2. The van der Waals surface area contributed by atoms with Crippen LogP contribution >= 0.6 is 0 Å². The summed E-state index contributed by atoms with van der Waals surface area (Å²) in [5, 5.41) is 3.27. The summed E-state index contributed by atoms with van der Waals surface area (Å²) in [6.07, 6.45) is 2.96. The minimum Gasteiger partial charge on any atom is -0.311 e. The molecule has 1 heterocycles. The number of carbonyl (C=O) groups excluding carboxylic acids is 1. The molecule has 4 aromatic rings. The van der Waals surface area contributed by atoms with E-state index in [-0.39, 0.29) is 5.91 Å². The van der Waals surface area contributed by atoms with Gasteiger partial charge in [-0.15, -0.1) is 0 Å². The zero-order valence-electron chi connectivity index (χ0n) is 15.3. The van der Waals surface area contributed by atoms with Crippen LogP contribution in [0.3, 0.4) is 0 Å². The van der Waals surface area contributed by atoms with Crippen LogP contribution in [-0.2, 0) is 12.8 Å². The standard InChI is InChI=1S/C24H20N2O/c1-26(18-14-13-16-7-2-3-8-17(16)15-18)24(27)23-19-9-4-5-11-21(19)25-22-12-6-10-20(22)23/h2-5,7-9,11,13-15H,6,10,12H2,1H3. The first-order valence-corrected chi connectivity index (χ1v) is 9.40. The van der Waals surface area contributed by atoms with Crippen LogP contribution in [0.1, 0.15) is 28.0 Å². The van der Waals surface area contributed by atoms with Crippen LogP contribution in [0.25, 0.3) is 21.7 Å². The Morgan fingerprint density at radius 3 is 2.59 bits per heavy atom. The number of aromatic nitrogens is 1. The molecule has 0 saturated carbocycles. The Morgan fingerprint density at radius 1 is 0.926 bits per heavy atom. The molecule has 132 valence electrons. The Morgan fingerprint density at radius 2 is 1.70 bits per heavy atom. The quantitative estimate of drug-likeness (QED) is 0.500. The van der Waals surface area contributed by atoms with Gasteiger partial charge in [0.1, 0.15) is 0 Å². The van der Waals surface area contributed by atoms with Crippen LogP contribution in [0, 0.1) is 0 Å². The summed E-state index contributed by atoms with van der Waals surface area (Å²) in [5.41, 5.74) is 4.86.